The summed E-state index contributed by atoms with van der Waals surface area (Å²) in [7, 11) is 0. The minimum Gasteiger partial charge on any atom is -0.396 e. The first-order valence-corrected chi connectivity index (χ1v) is 4.95. The van der Waals surface area contributed by atoms with Gasteiger partial charge in [0.25, 0.3) is 0 Å². The van der Waals surface area contributed by atoms with E-state index in [-0.39, 0.29) is 6.61 Å². The SMILES string of the molecule is CCCCCCC[C](O)CCO. The van der Waals surface area contributed by atoms with Crippen LogP contribution in [0, 0.1) is 6.10 Å². The van der Waals surface area contributed by atoms with Crippen LogP contribution in [0.1, 0.15) is 51.9 Å². The Bertz CT molecular complexity index is 83.9. The lowest BCUT2D eigenvalue weighted by atomic mass is 10.1. The largest absolute Gasteiger partial charge is 0.396 e. The second kappa shape index (κ2) is 9.01. The van der Waals surface area contributed by atoms with Gasteiger partial charge in [0.1, 0.15) is 0 Å². The maximum absolute atomic E-state index is 9.16. The fourth-order valence-electron chi connectivity index (χ4n) is 1.19. The molecule has 0 bridgehead atoms. The maximum atomic E-state index is 9.16. The van der Waals surface area contributed by atoms with Crippen LogP contribution in [0.5, 0.6) is 0 Å². The third kappa shape index (κ3) is 8.02. The molecular formula is C10H21O2. The zero-order chi connectivity index (χ0) is 9.23. The lowest BCUT2D eigenvalue weighted by molar-refractivity contribution is 0.209. The molecule has 1 radical (unpaired) electrons. The summed E-state index contributed by atoms with van der Waals surface area (Å²) < 4.78 is 0. The minimum atomic E-state index is 0.0702. The molecule has 0 aliphatic rings. The van der Waals surface area contributed by atoms with Gasteiger partial charge in [0.05, 0.1) is 6.10 Å². The highest BCUT2D eigenvalue weighted by atomic mass is 16.3. The van der Waals surface area contributed by atoms with E-state index in [1.165, 1.54) is 25.7 Å². The molecular weight excluding hydrogens is 152 g/mol. The molecule has 0 amide bonds. The van der Waals surface area contributed by atoms with Gasteiger partial charge in [-0.25, -0.2) is 0 Å². The molecule has 0 aromatic carbocycles. The molecule has 0 aliphatic heterocycles. The molecule has 0 unspecified atom stereocenters. The average molecular weight is 173 g/mol. The van der Waals surface area contributed by atoms with Crippen molar-refractivity contribution in [1.29, 1.82) is 0 Å². The summed E-state index contributed by atoms with van der Waals surface area (Å²) >= 11 is 0. The predicted octanol–water partition coefficient (Wildman–Crippen LogP) is 2.63. The van der Waals surface area contributed by atoms with Gasteiger partial charge in [-0.2, -0.15) is 0 Å². The number of aliphatic hydroxyl groups excluding tert-OH is 2. The summed E-state index contributed by atoms with van der Waals surface area (Å²) in [6.07, 6.45) is 7.75. The van der Waals surface area contributed by atoms with E-state index in [0.717, 1.165) is 12.8 Å². The lowest BCUT2D eigenvalue weighted by Gasteiger charge is -2.06. The van der Waals surface area contributed by atoms with Crippen molar-refractivity contribution < 1.29 is 10.2 Å². The van der Waals surface area contributed by atoms with Crippen LogP contribution in [0.15, 0.2) is 0 Å². The molecule has 0 atom stereocenters. The molecule has 12 heavy (non-hydrogen) atoms. The topological polar surface area (TPSA) is 40.5 Å². The Kier molecular flexibility index (Phi) is 8.95. The standard InChI is InChI=1S/C10H21O2/c1-2-3-4-5-6-7-10(12)8-9-11/h11-12H,2-9H2,1H3. The summed E-state index contributed by atoms with van der Waals surface area (Å²) in [4.78, 5) is 0. The number of unbranched alkanes of at least 4 members (excludes halogenated alkanes) is 4. The maximum Gasteiger partial charge on any atom is 0.0956 e. The van der Waals surface area contributed by atoms with Crippen LogP contribution in [0.25, 0.3) is 0 Å². The Morgan fingerprint density at radius 3 is 2.25 bits per heavy atom. The monoisotopic (exact) mass is 173 g/mol. The van der Waals surface area contributed by atoms with E-state index in [1.54, 1.807) is 0 Å². The van der Waals surface area contributed by atoms with E-state index >= 15 is 0 Å². The Morgan fingerprint density at radius 1 is 1.00 bits per heavy atom. The van der Waals surface area contributed by atoms with E-state index in [4.69, 9.17) is 10.2 Å². The molecule has 0 saturated heterocycles. The van der Waals surface area contributed by atoms with Gasteiger partial charge in [-0.15, -0.1) is 0 Å². The molecule has 2 heteroatoms. The molecule has 0 rings (SSSR count). The second-order valence-corrected chi connectivity index (χ2v) is 3.20. The third-order valence-electron chi connectivity index (χ3n) is 1.97. The zero-order valence-corrected chi connectivity index (χ0v) is 8.05. The Morgan fingerprint density at radius 2 is 1.67 bits per heavy atom. The predicted molar refractivity (Wildman–Crippen MR) is 50.3 cm³/mol. The van der Waals surface area contributed by atoms with Crippen molar-refractivity contribution in [3.63, 3.8) is 0 Å². The van der Waals surface area contributed by atoms with Gasteiger partial charge in [-0.1, -0.05) is 39.0 Å². The fraction of sp³-hybridized carbons (Fsp3) is 0.900. The van der Waals surface area contributed by atoms with Crippen LogP contribution in [0.4, 0.5) is 0 Å². The molecule has 0 aromatic heterocycles. The van der Waals surface area contributed by atoms with E-state index < -0.39 is 0 Å². The number of hydrogen-bond donors (Lipinski definition) is 2. The third-order valence-corrected chi connectivity index (χ3v) is 1.97. The number of aliphatic hydroxyl groups is 2. The summed E-state index contributed by atoms with van der Waals surface area (Å²) in [6.45, 7) is 2.26. The highest BCUT2D eigenvalue weighted by molar-refractivity contribution is 4.73. The van der Waals surface area contributed by atoms with Crippen LogP contribution >= 0.6 is 0 Å². The van der Waals surface area contributed by atoms with Crippen molar-refractivity contribution in [2.75, 3.05) is 6.61 Å². The van der Waals surface area contributed by atoms with Gasteiger partial charge < -0.3 is 10.2 Å². The van der Waals surface area contributed by atoms with E-state index in [1.807, 2.05) is 0 Å². The molecule has 0 saturated carbocycles. The van der Waals surface area contributed by atoms with Crippen LogP contribution in [-0.2, 0) is 0 Å². The van der Waals surface area contributed by atoms with Crippen LogP contribution in [0.2, 0.25) is 0 Å². The first-order valence-electron chi connectivity index (χ1n) is 4.95. The molecule has 2 N–H and O–H groups in total. The Balaban J connectivity index is 2.97. The smallest absolute Gasteiger partial charge is 0.0956 e. The average Bonchev–Trinajstić information content (AvgIpc) is 2.05. The van der Waals surface area contributed by atoms with Crippen LogP contribution in [0.3, 0.4) is 0 Å². The van der Waals surface area contributed by atoms with Crippen molar-refractivity contribution >= 4 is 0 Å². The Hall–Kier alpha value is -0.0800. The van der Waals surface area contributed by atoms with Gasteiger partial charge in [0.15, 0.2) is 0 Å². The van der Waals surface area contributed by atoms with E-state index in [2.05, 4.69) is 6.92 Å². The van der Waals surface area contributed by atoms with Crippen LogP contribution in [-0.4, -0.2) is 16.8 Å². The molecule has 0 spiro atoms. The quantitative estimate of drug-likeness (QED) is 0.554. The zero-order valence-electron chi connectivity index (χ0n) is 8.05. The van der Waals surface area contributed by atoms with E-state index in [0.29, 0.717) is 12.5 Å². The Labute approximate surface area is 75.6 Å². The number of hydrogen-bond acceptors (Lipinski definition) is 2. The van der Waals surface area contributed by atoms with Gasteiger partial charge in [-0.3, -0.25) is 0 Å². The molecule has 73 valence electrons. The summed E-state index contributed by atoms with van der Waals surface area (Å²) in [6, 6.07) is 0. The fourth-order valence-corrected chi connectivity index (χ4v) is 1.19. The highest BCUT2D eigenvalue weighted by Crippen LogP contribution is 2.13. The second-order valence-electron chi connectivity index (χ2n) is 3.20. The lowest BCUT2D eigenvalue weighted by Crippen LogP contribution is -1.98. The van der Waals surface area contributed by atoms with Crippen molar-refractivity contribution in [2.45, 2.75) is 51.9 Å². The van der Waals surface area contributed by atoms with Crippen molar-refractivity contribution in [3.8, 4) is 0 Å². The molecule has 0 heterocycles. The summed E-state index contributed by atoms with van der Waals surface area (Å²) in [5.41, 5.74) is 0. The van der Waals surface area contributed by atoms with Crippen molar-refractivity contribution in [1.82, 2.24) is 0 Å². The number of rotatable bonds is 8. The van der Waals surface area contributed by atoms with E-state index in [9.17, 15) is 0 Å². The van der Waals surface area contributed by atoms with Crippen LogP contribution < -0.4 is 0 Å². The van der Waals surface area contributed by atoms with Gasteiger partial charge in [0.2, 0.25) is 0 Å². The molecule has 2 nitrogen and oxygen atoms in total. The normalized spacial score (nSPS) is 11.0. The first kappa shape index (κ1) is 11.9. The minimum absolute atomic E-state index is 0.0702. The van der Waals surface area contributed by atoms with Crippen molar-refractivity contribution in [3.05, 3.63) is 6.10 Å². The summed E-state index contributed by atoms with van der Waals surface area (Å²) in [5, 5.41) is 17.7. The van der Waals surface area contributed by atoms with Gasteiger partial charge >= 0.3 is 0 Å². The molecule has 0 fully saturated rings. The highest BCUT2D eigenvalue weighted by Gasteiger charge is 2.02. The first-order chi connectivity index (χ1) is 5.81. The summed E-state index contributed by atoms with van der Waals surface area (Å²) in [5.74, 6) is 0. The molecule has 0 aromatic rings. The van der Waals surface area contributed by atoms with Gasteiger partial charge in [-0.05, 0) is 6.42 Å². The molecule has 0 aliphatic carbocycles. The van der Waals surface area contributed by atoms with Gasteiger partial charge in [0, 0.05) is 13.0 Å². The van der Waals surface area contributed by atoms with Crippen molar-refractivity contribution in [2.24, 2.45) is 0 Å².